The molecule has 0 bridgehead atoms. The first kappa shape index (κ1) is 10.6. The molecule has 13 heavy (non-hydrogen) atoms. The first-order valence-electron chi connectivity index (χ1n) is 3.99. The molecule has 1 aliphatic carbocycles. The molecule has 0 nitrogen and oxygen atoms in total. The summed E-state index contributed by atoms with van der Waals surface area (Å²) >= 11 is 9.28. The van der Waals surface area contributed by atoms with Crippen LogP contribution in [0.2, 0.25) is 5.02 Å². The van der Waals surface area contributed by atoms with E-state index in [1.54, 1.807) is 0 Å². The van der Waals surface area contributed by atoms with Gasteiger partial charge >= 0.3 is 45.1 Å². The summed E-state index contributed by atoms with van der Waals surface area (Å²) in [6, 6.07) is 9.44. The summed E-state index contributed by atoms with van der Waals surface area (Å²) in [5.41, 5.74) is 0. The first-order valence-corrected chi connectivity index (χ1v) is 4.92. The fourth-order valence-electron chi connectivity index (χ4n) is 0.831. The summed E-state index contributed by atoms with van der Waals surface area (Å²) in [5.74, 6) is 0. The summed E-state index contributed by atoms with van der Waals surface area (Å²) in [6.07, 6.45) is 7.21. The van der Waals surface area contributed by atoms with Crippen molar-refractivity contribution in [1.82, 2.24) is 0 Å². The van der Waals surface area contributed by atoms with E-state index in [1.807, 2.05) is 42.5 Å². The molecule has 0 heterocycles. The van der Waals surface area contributed by atoms with Gasteiger partial charge in [0.05, 0.1) is 0 Å². The maximum absolute atomic E-state index is 5.54. The number of hydrogen-bond acceptors (Lipinski definition) is 0. The van der Waals surface area contributed by atoms with Crippen molar-refractivity contribution in [3.63, 3.8) is 0 Å². The van der Waals surface area contributed by atoms with Crippen molar-refractivity contribution in [2.45, 2.75) is 6.42 Å². The van der Waals surface area contributed by atoms with E-state index in [1.165, 1.54) is 4.47 Å². The van der Waals surface area contributed by atoms with Gasteiger partial charge in [0.1, 0.15) is 0 Å². The molecule has 69 valence electrons. The fraction of sp³-hybridized carbons (Fsp3) is 0.0909. The third-order valence-electron chi connectivity index (χ3n) is 1.45. The summed E-state index contributed by atoms with van der Waals surface area (Å²) in [7, 11) is 0. The Balaban J connectivity index is 0.000000132. The molecule has 1 aromatic rings. The second kappa shape index (κ2) is 6.04. The van der Waals surface area contributed by atoms with Crippen molar-refractivity contribution >= 4 is 11.6 Å². The first-order chi connectivity index (χ1) is 6.29. The molecule has 0 saturated heterocycles. The van der Waals surface area contributed by atoms with E-state index in [9.17, 15) is 0 Å². The molecule has 0 aromatic heterocycles. The van der Waals surface area contributed by atoms with E-state index in [2.05, 4.69) is 22.1 Å². The molecule has 0 N–H and O–H groups in total. The normalized spacial score (nSPS) is 13.2. The monoisotopic (exact) mass is 233 g/mol. The van der Waals surface area contributed by atoms with E-state index >= 15 is 0 Å². The molecule has 2 rings (SSSR count). The fourth-order valence-corrected chi connectivity index (χ4v) is 1.21. The Morgan fingerprint density at radius 1 is 1.15 bits per heavy atom. The molecular weight excluding hydrogens is 223 g/mol. The molecule has 0 aliphatic heterocycles. The van der Waals surface area contributed by atoms with E-state index in [4.69, 9.17) is 11.6 Å². The predicted octanol–water partition coefficient (Wildman–Crippen LogP) is 3.72. The van der Waals surface area contributed by atoms with Gasteiger partial charge < -0.3 is 0 Å². The Bertz CT molecular complexity index is 301. The molecule has 0 amide bonds. The van der Waals surface area contributed by atoms with E-state index in [0.717, 1.165) is 11.4 Å². The SMILES string of the molecule is Clc1ccccc1.[Fe][C]1=CC=CC1. The third-order valence-corrected chi connectivity index (χ3v) is 2.11. The second-order valence-electron chi connectivity index (χ2n) is 2.53. The topological polar surface area (TPSA) is 0 Å². The zero-order valence-corrected chi connectivity index (χ0v) is 8.92. The van der Waals surface area contributed by atoms with Crippen molar-refractivity contribution in [2.24, 2.45) is 0 Å². The third kappa shape index (κ3) is 4.94. The van der Waals surface area contributed by atoms with Gasteiger partial charge in [0.25, 0.3) is 0 Å². The van der Waals surface area contributed by atoms with Gasteiger partial charge in [-0.05, 0) is 12.1 Å². The van der Waals surface area contributed by atoms with E-state index in [-0.39, 0.29) is 0 Å². The average Bonchev–Trinajstić information content (AvgIpc) is 2.58. The van der Waals surface area contributed by atoms with Gasteiger partial charge in [0.2, 0.25) is 0 Å². The van der Waals surface area contributed by atoms with Crippen LogP contribution in [0.1, 0.15) is 6.42 Å². The summed E-state index contributed by atoms with van der Waals surface area (Å²) in [4.78, 5) is 0. The summed E-state index contributed by atoms with van der Waals surface area (Å²) in [6.45, 7) is 0. The quantitative estimate of drug-likeness (QED) is 0.599. The van der Waals surface area contributed by atoms with Crippen LogP contribution in [-0.4, -0.2) is 0 Å². The maximum atomic E-state index is 5.54. The predicted molar refractivity (Wildman–Crippen MR) is 53.3 cm³/mol. The van der Waals surface area contributed by atoms with Crippen LogP contribution in [0, 0.1) is 0 Å². The standard InChI is InChI=1S/C6H5Cl.C5H5.Fe/c7-6-4-2-1-3-5-6;1-2-4-5-3-1;/h1-5H;1-3H,4H2;. The number of benzene rings is 1. The Morgan fingerprint density at radius 3 is 2.08 bits per heavy atom. The summed E-state index contributed by atoms with van der Waals surface area (Å²) in [5, 5.41) is 0.794. The Morgan fingerprint density at radius 2 is 1.85 bits per heavy atom. The van der Waals surface area contributed by atoms with E-state index < -0.39 is 0 Å². The molecule has 0 atom stereocenters. The average molecular weight is 233 g/mol. The van der Waals surface area contributed by atoms with Crippen LogP contribution in [0.4, 0.5) is 0 Å². The van der Waals surface area contributed by atoms with Gasteiger partial charge in [0, 0.05) is 5.02 Å². The molecule has 0 radical (unpaired) electrons. The van der Waals surface area contributed by atoms with E-state index in [0.29, 0.717) is 0 Å². The van der Waals surface area contributed by atoms with Gasteiger partial charge in [-0.3, -0.25) is 0 Å². The van der Waals surface area contributed by atoms with Crippen LogP contribution < -0.4 is 0 Å². The van der Waals surface area contributed by atoms with Crippen LogP contribution in [0.15, 0.2) is 53.0 Å². The van der Waals surface area contributed by atoms with Crippen LogP contribution in [0.3, 0.4) is 0 Å². The van der Waals surface area contributed by atoms with Crippen molar-refractivity contribution in [2.75, 3.05) is 0 Å². The molecule has 0 fully saturated rings. The van der Waals surface area contributed by atoms with Gasteiger partial charge in [-0.15, -0.1) is 0 Å². The van der Waals surface area contributed by atoms with Crippen LogP contribution >= 0.6 is 11.6 Å². The Labute approximate surface area is 92.1 Å². The summed E-state index contributed by atoms with van der Waals surface area (Å²) < 4.78 is 1.22. The zero-order chi connectivity index (χ0) is 9.52. The van der Waals surface area contributed by atoms with Crippen molar-refractivity contribution in [1.29, 1.82) is 0 Å². The number of hydrogen-bond donors (Lipinski definition) is 0. The molecule has 2 heteroatoms. The number of allylic oxidation sites excluding steroid dienone is 4. The zero-order valence-electron chi connectivity index (χ0n) is 7.06. The van der Waals surface area contributed by atoms with Crippen molar-refractivity contribution in [3.05, 3.63) is 58.1 Å². The Kier molecular flexibility index (Phi) is 4.92. The number of rotatable bonds is 0. The molecule has 0 unspecified atom stereocenters. The van der Waals surface area contributed by atoms with Gasteiger partial charge in [-0.25, -0.2) is 0 Å². The molecule has 0 spiro atoms. The minimum absolute atomic E-state index is 0.794. The van der Waals surface area contributed by atoms with Crippen molar-refractivity contribution < 1.29 is 16.0 Å². The molecule has 0 saturated carbocycles. The van der Waals surface area contributed by atoms with Gasteiger partial charge in [-0.2, -0.15) is 0 Å². The molecule has 1 aromatic carbocycles. The van der Waals surface area contributed by atoms with Gasteiger partial charge in [0.15, 0.2) is 0 Å². The van der Waals surface area contributed by atoms with Crippen LogP contribution in [-0.2, 0) is 16.0 Å². The van der Waals surface area contributed by atoms with Crippen LogP contribution in [0.25, 0.3) is 0 Å². The minimum atomic E-state index is 0.794. The second-order valence-corrected chi connectivity index (χ2v) is 3.67. The van der Waals surface area contributed by atoms with Crippen molar-refractivity contribution in [3.8, 4) is 0 Å². The molecular formula is C11H10ClFe. The van der Waals surface area contributed by atoms with Gasteiger partial charge in [-0.1, -0.05) is 29.8 Å². The number of halogens is 1. The molecule has 1 aliphatic rings. The van der Waals surface area contributed by atoms with Crippen LogP contribution in [0.5, 0.6) is 0 Å². The Hall–Kier alpha value is -0.491.